The van der Waals surface area contributed by atoms with E-state index in [-0.39, 0.29) is 0 Å². The molecule has 3 rings (SSSR count). The van der Waals surface area contributed by atoms with Gasteiger partial charge in [-0.05, 0) is 69.3 Å². The molecule has 1 N–H and O–H groups in total. The predicted molar refractivity (Wildman–Crippen MR) is 102 cm³/mol. The molecule has 0 bridgehead atoms. The van der Waals surface area contributed by atoms with Crippen LogP contribution in [0, 0.1) is 6.92 Å². The molecule has 1 fully saturated rings. The molecule has 0 saturated carbocycles. The molecule has 1 saturated heterocycles. The molecule has 25 heavy (non-hydrogen) atoms. The van der Waals surface area contributed by atoms with Gasteiger partial charge in [-0.15, -0.1) is 11.3 Å². The first-order valence-electron chi connectivity index (χ1n) is 8.13. The fourth-order valence-corrected chi connectivity index (χ4v) is 5.15. The lowest BCUT2D eigenvalue weighted by molar-refractivity contribution is -0.159. The third-order valence-electron chi connectivity index (χ3n) is 4.31. The second-order valence-electron chi connectivity index (χ2n) is 6.94. The van der Waals surface area contributed by atoms with Crippen LogP contribution in [0.4, 0.5) is 0 Å². The third-order valence-corrected chi connectivity index (χ3v) is 6.38. The van der Waals surface area contributed by atoms with Crippen molar-refractivity contribution in [3.05, 3.63) is 46.3 Å². The summed E-state index contributed by atoms with van der Waals surface area (Å²) in [5.41, 5.74) is 3.44. The summed E-state index contributed by atoms with van der Waals surface area (Å²) in [6, 6.07) is 8.36. The summed E-state index contributed by atoms with van der Waals surface area (Å²) in [4.78, 5) is 1.16. The number of oxime groups is 1. The van der Waals surface area contributed by atoms with E-state index in [0.717, 1.165) is 21.6 Å². The van der Waals surface area contributed by atoms with Gasteiger partial charge >= 0.3 is 0 Å². The van der Waals surface area contributed by atoms with Gasteiger partial charge in [-0.25, -0.2) is 0 Å². The summed E-state index contributed by atoms with van der Waals surface area (Å²) in [6.07, 6.45) is 0. The lowest BCUT2D eigenvalue weighted by Crippen LogP contribution is -2.27. The maximum atomic E-state index is 8.95. The van der Waals surface area contributed by atoms with E-state index in [1.54, 1.807) is 30.0 Å². The van der Waals surface area contributed by atoms with Gasteiger partial charge in [0, 0.05) is 10.5 Å². The minimum atomic E-state index is -0.539. The summed E-state index contributed by atoms with van der Waals surface area (Å²) in [5.74, 6) is -0.539. The second-order valence-corrected chi connectivity index (χ2v) is 9.23. The molecule has 0 amide bonds. The van der Waals surface area contributed by atoms with Crippen LogP contribution in [-0.4, -0.2) is 23.3 Å². The van der Waals surface area contributed by atoms with Crippen molar-refractivity contribution in [2.24, 2.45) is 5.16 Å². The van der Waals surface area contributed by atoms with Gasteiger partial charge in [-0.2, -0.15) is 0 Å². The van der Waals surface area contributed by atoms with Gasteiger partial charge in [0.15, 0.2) is 5.79 Å². The number of rotatable bonds is 4. The van der Waals surface area contributed by atoms with E-state index >= 15 is 0 Å². The Morgan fingerprint density at radius 1 is 1.28 bits per heavy atom. The van der Waals surface area contributed by atoms with Crippen LogP contribution >= 0.6 is 23.1 Å². The molecule has 1 aliphatic heterocycles. The lowest BCUT2D eigenvalue weighted by Gasteiger charge is -2.24. The van der Waals surface area contributed by atoms with Crippen molar-refractivity contribution in [2.45, 2.75) is 55.1 Å². The van der Waals surface area contributed by atoms with Gasteiger partial charge < -0.3 is 14.7 Å². The number of hydrogen-bond donors (Lipinski definition) is 1. The highest BCUT2D eigenvalue weighted by atomic mass is 32.2. The highest BCUT2D eigenvalue weighted by Gasteiger charge is 2.43. The molecule has 2 heterocycles. The molecule has 0 radical (unpaired) electrons. The van der Waals surface area contributed by atoms with Crippen LogP contribution in [0.5, 0.6) is 0 Å². The van der Waals surface area contributed by atoms with Crippen LogP contribution in [0.25, 0.3) is 0 Å². The average Bonchev–Trinajstić information content (AvgIpc) is 3.12. The molecule has 134 valence electrons. The Morgan fingerprint density at radius 2 is 2.04 bits per heavy atom. The van der Waals surface area contributed by atoms with Gasteiger partial charge in [0.25, 0.3) is 0 Å². The minimum absolute atomic E-state index is 0.396. The zero-order chi connectivity index (χ0) is 18.2. The predicted octanol–water partition coefficient (Wildman–Crippen LogP) is 5.40. The van der Waals surface area contributed by atoms with Crippen molar-refractivity contribution < 1.29 is 14.7 Å². The first kappa shape index (κ1) is 18.5. The molecule has 1 aromatic heterocycles. The maximum absolute atomic E-state index is 8.95. The lowest BCUT2D eigenvalue weighted by atomic mass is 10.0. The zero-order valence-electron chi connectivity index (χ0n) is 15.1. The fourth-order valence-electron chi connectivity index (χ4n) is 2.98. The first-order chi connectivity index (χ1) is 11.7. The number of hydrogen-bond acceptors (Lipinski definition) is 6. The SMILES string of the molecule is C/C(=N\O)c1ccc(Sc2cc(C3(C)COC(C)(C)O3)cs2)cc1C. The molecule has 4 nitrogen and oxygen atoms in total. The first-order valence-corrected chi connectivity index (χ1v) is 9.83. The number of aryl methyl sites for hydroxylation is 1. The zero-order valence-corrected chi connectivity index (χ0v) is 16.8. The van der Waals surface area contributed by atoms with Crippen LogP contribution < -0.4 is 0 Å². The Kier molecular flexibility index (Phi) is 4.99. The van der Waals surface area contributed by atoms with Gasteiger partial charge in [-0.1, -0.05) is 23.0 Å². The van der Waals surface area contributed by atoms with E-state index in [2.05, 4.69) is 35.7 Å². The molecular formula is C19H23NO3S2. The Balaban J connectivity index is 1.77. The molecule has 1 atom stereocenters. The van der Waals surface area contributed by atoms with Crippen molar-refractivity contribution in [2.75, 3.05) is 6.61 Å². The quantitative estimate of drug-likeness (QED) is 0.440. The Bertz CT molecular complexity index is 813. The number of benzene rings is 1. The highest BCUT2D eigenvalue weighted by molar-refractivity contribution is 8.01. The van der Waals surface area contributed by atoms with Crippen molar-refractivity contribution in [3.8, 4) is 0 Å². The molecule has 2 aromatic rings. The smallest absolute Gasteiger partial charge is 0.164 e. The van der Waals surface area contributed by atoms with E-state index in [1.165, 1.54) is 4.21 Å². The maximum Gasteiger partial charge on any atom is 0.164 e. The Hall–Kier alpha value is -1.34. The van der Waals surface area contributed by atoms with Gasteiger partial charge in [0.1, 0.15) is 5.60 Å². The molecule has 0 aliphatic carbocycles. The van der Waals surface area contributed by atoms with Crippen molar-refractivity contribution in [1.29, 1.82) is 0 Å². The largest absolute Gasteiger partial charge is 0.411 e. The van der Waals surface area contributed by atoms with Crippen molar-refractivity contribution >= 4 is 28.8 Å². The topological polar surface area (TPSA) is 51.1 Å². The summed E-state index contributed by atoms with van der Waals surface area (Å²) in [6.45, 7) is 10.4. The van der Waals surface area contributed by atoms with Gasteiger partial charge in [0.05, 0.1) is 16.5 Å². The minimum Gasteiger partial charge on any atom is -0.411 e. The molecule has 0 spiro atoms. The van der Waals surface area contributed by atoms with E-state index < -0.39 is 11.4 Å². The van der Waals surface area contributed by atoms with Gasteiger partial charge in [-0.3, -0.25) is 0 Å². The van der Waals surface area contributed by atoms with E-state index in [9.17, 15) is 0 Å². The molecule has 1 aliphatic rings. The molecule has 6 heteroatoms. The van der Waals surface area contributed by atoms with Crippen LogP contribution in [0.1, 0.15) is 44.4 Å². The van der Waals surface area contributed by atoms with Crippen LogP contribution in [-0.2, 0) is 15.1 Å². The van der Waals surface area contributed by atoms with Crippen LogP contribution in [0.15, 0.2) is 43.9 Å². The number of nitrogens with zero attached hydrogens (tertiary/aromatic N) is 1. The summed E-state index contributed by atoms with van der Waals surface area (Å²) in [7, 11) is 0. The van der Waals surface area contributed by atoms with Crippen molar-refractivity contribution in [1.82, 2.24) is 0 Å². The van der Waals surface area contributed by atoms with E-state index in [0.29, 0.717) is 12.3 Å². The van der Waals surface area contributed by atoms with Crippen LogP contribution in [0.3, 0.4) is 0 Å². The third kappa shape index (κ3) is 3.92. The van der Waals surface area contributed by atoms with E-state index in [4.69, 9.17) is 14.7 Å². The van der Waals surface area contributed by atoms with Gasteiger partial charge in [0.2, 0.25) is 0 Å². The summed E-state index contributed by atoms with van der Waals surface area (Å²) < 4.78 is 13.1. The molecular weight excluding hydrogens is 354 g/mol. The van der Waals surface area contributed by atoms with Crippen molar-refractivity contribution in [3.63, 3.8) is 0 Å². The Morgan fingerprint density at radius 3 is 2.64 bits per heavy atom. The van der Waals surface area contributed by atoms with E-state index in [1.807, 2.05) is 26.8 Å². The highest BCUT2D eigenvalue weighted by Crippen LogP contribution is 2.42. The monoisotopic (exact) mass is 377 g/mol. The molecule has 1 aromatic carbocycles. The fraction of sp³-hybridized carbons (Fsp3) is 0.421. The summed E-state index contributed by atoms with van der Waals surface area (Å²) >= 11 is 3.44. The average molecular weight is 378 g/mol. The second kappa shape index (κ2) is 6.76. The number of ether oxygens (including phenoxy) is 2. The standard InChI is InChI=1S/C19H23NO3S2/c1-12-8-15(6-7-16(12)13(2)20-21)25-17-9-14(10-24-17)19(5)11-22-18(3,4)23-19/h6-10,21H,11H2,1-5H3/b20-13+. The summed E-state index contributed by atoms with van der Waals surface area (Å²) in [5, 5.41) is 14.4. The Labute approximate surface area is 156 Å². The molecule has 1 unspecified atom stereocenters. The van der Waals surface area contributed by atoms with Crippen LogP contribution in [0.2, 0.25) is 0 Å². The normalized spacial score (nSPS) is 23.2. The number of thiophene rings is 1.